The van der Waals surface area contributed by atoms with Gasteiger partial charge in [-0.25, -0.2) is 0 Å². The van der Waals surface area contributed by atoms with Crippen LogP contribution in [-0.4, -0.2) is 10.7 Å². The summed E-state index contributed by atoms with van der Waals surface area (Å²) in [5, 5.41) is 10.5. The molecule has 0 saturated heterocycles. The zero-order chi connectivity index (χ0) is 14.3. The summed E-state index contributed by atoms with van der Waals surface area (Å²) in [5.41, 5.74) is 0.794. The Morgan fingerprint density at radius 1 is 1.30 bits per heavy atom. The monoisotopic (exact) mass is 338 g/mol. The molecule has 0 unspecified atom stereocenters. The zero-order valence-corrected chi connectivity index (χ0v) is 13.8. The highest BCUT2D eigenvalue weighted by molar-refractivity contribution is 9.10. The van der Waals surface area contributed by atoms with E-state index in [1.54, 1.807) is 0 Å². The summed E-state index contributed by atoms with van der Waals surface area (Å²) in [6.45, 7) is 4.62. The molecule has 1 N–H and O–H groups in total. The summed E-state index contributed by atoms with van der Waals surface area (Å²) in [4.78, 5) is 0. The molecular formula is C17H23BrO2. The SMILES string of the molecule is CC(C)C1CCC2(CC1)C[C@H](O)c1cc(Br)ccc1O2. The minimum absolute atomic E-state index is 0.133. The summed E-state index contributed by atoms with van der Waals surface area (Å²) in [6, 6.07) is 5.95. The Kier molecular flexibility index (Phi) is 3.85. The molecule has 1 aromatic rings. The molecule has 1 aliphatic carbocycles. The van der Waals surface area contributed by atoms with Gasteiger partial charge in [0, 0.05) is 16.5 Å². The van der Waals surface area contributed by atoms with E-state index >= 15 is 0 Å². The molecule has 0 bridgehead atoms. The number of fused-ring (bicyclic) bond motifs is 1. The van der Waals surface area contributed by atoms with E-state index in [4.69, 9.17) is 4.74 Å². The van der Waals surface area contributed by atoms with E-state index in [-0.39, 0.29) is 5.60 Å². The van der Waals surface area contributed by atoms with Gasteiger partial charge in [-0.3, -0.25) is 0 Å². The second-order valence-electron chi connectivity index (χ2n) is 6.77. The first-order valence-corrected chi connectivity index (χ1v) is 8.45. The average molecular weight is 339 g/mol. The largest absolute Gasteiger partial charge is 0.487 e. The fourth-order valence-corrected chi connectivity index (χ4v) is 4.13. The minimum Gasteiger partial charge on any atom is -0.487 e. The molecule has 20 heavy (non-hydrogen) atoms. The predicted octanol–water partition coefficient (Wildman–Crippen LogP) is 4.85. The normalized spacial score (nSPS) is 33.0. The van der Waals surface area contributed by atoms with Crippen LogP contribution in [-0.2, 0) is 0 Å². The molecule has 1 heterocycles. The molecule has 0 amide bonds. The van der Waals surface area contributed by atoms with Gasteiger partial charge in [0.05, 0.1) is 6.10 Å². The minimum atomic E-state index is -0.396. The summed E-state index contributed by atoms with van der Waals surface area (Å²) in [5.74, 6) is 2.44. The van der Waals surface area contributed by atoms with E-state index in [0.29, 0.717) is 0 Å². The summed E-state index contributed by atoms with van der Waals surface area (Å²) in [7, 11) is 0. The number of rotatable bonds is 1. The summed E-state index contributed by atoms with van der Waals surface area (Å²) < 4.78 is 7.33. The highest BCUT2D eigenvalue weighted by atomic mass is 79.9. The van der Waals surface area contributed by atoms with Crippen LogP contribution in [0.25, 0.3) is 0 Å². The summed E-state index contributed by atoms with van der Waals surface area (Å²) >= 11 is 3.46. The average Bonchev–Trinajstić information content (AvgIpc) is 2.40. The number of ether oxygens (including phenoxy) is 1. The van der Waals surface area contributed by atoms with Crippen molar-refractivity contribution in [1.29, 1.82) is 0 Å². The molecule has 2 aliphatic rings. The van der Waals surface area contributed by atoms with Crippen molar-refractivity contribution in [1.82, 2.24) is 0 Å². The van der Waals surface area contributed by atoms with Crippen LogP contribution in [0.15, 0.2) is 22.7 Å². The third-order valence-corrected chi connectivity index (χ3v) is 5.60. The van der Waals surface area contributed by atoms with E-state index in [0.717, 1.165) is 46.9 Å². The van der Waals surface area contributed by atoms with Crippen LogP contribution < -0.4 is 4.74 Å². The molecular weight excluding hydrogens is 316 g/mol. The van der Waals surface area contributed by atoms with Crippen LogP contribution in [0.1, 0.15) is 57.6 Å². The highest BCUT2D eigenvalue weighted by Gasteiger charge is 2.43. The topological polar surface area (TPSA) is 29.5 Å². The predicted molar refractivity (Wildman–Crippen MR) is 83.9 cm³/mol. The number of hydrogen-bond acceptors (Lipinski definition) is 2. The van der Waals surface area contributed by atoms with Gasteiger partial charge in [-0.15, -0.1) is 0 Å². The Hall–Kier alpha value is -0.540. The van der Waals surface area contributed by atoms with Crippen molar-refractivity contribution >= 4 is 15.9 Å². The molecule has 0 radical (unpaired) electrons. The van der Waals surface area contributed by atoms with E-state index < -0.39 is 6.10 Å². The standard InChI is InChI=1S/C17H23BrO2/c1-11(2)12-5-7-17(8-6-12)10-15(19)14-9-13(18)3-4-16(14)20-17/h3-4,9,11-12,15,19H,5-8,10H2,1-2H3/t12?,15-,17?/m0/s1. The van der Waals surface area contributed by atoms with Crippen molar-refractivity contribution in [3.05, 3.63) is 28.2 Å². The van der Waals surface area contributed by atoms with Crippen LogP contribution >= 0.6 is 15.9 Å². The Morgan fingerprint density at radius 3 is 2.65 bits per heavy atom. The van der Waals surface area contributed by atoms with Crippen molar-refractivity contribution in [3.63, 3.8) is 0 Å². The lowest BCUT2D eigenvalue weighted by Crippen LogP contribution is -2.44. The van der Waals surface area contributed by atoms with Gasteiger partial charge >= 0.3 is 0 Å². The summed E-state index contributed by atoms with van der Waals surface area (Å²) in [6.07, 6.45) is 4.92. The van der Waals surface area contributed by atoms with Crippen LogP contribution in [0, 0.1) is 11.8 Å². The number of aliphatic hydroxyl groups is 1. The molecule has 1 aliphatic heterocycles. The van der Waals surface area contributed by atoms with Gasteiger partial charge in [0.15, 0.2) is 0 Å². The fourth-order valence-electron chi connectivity index (χ4n) is 3.75. The second-order valence-corrected chi connectivity index (χ2v) is 7.68. The number of halogens is 1. The van der Waals surface area contributed by atoms with E-state index in [2.05, 4.69) is 29.8 Å². The van der Waals surface area contributed by atoms with Gasteiger partial charge in [-0.1, -0.05) is 29.8 Å². The molecule has 3 heteroatoms. The maximum atomic E-state index is 10.5. The molecule has 110 valence electrons. The molecule has 1 spiro atoms. The van der Waals surface area contributed by atoms with Crippen LogP contribution in [0.5, 0.6) is 5.75 Å². The molecule has 2 nitrogen and oxygen atoms in total. The van der Waals surface area contributed by atoms with Gasteiger partial charge in [-0.2, -0.15) is 0 Å². The van der Waals surface area contributed by atoms with Gasteiger partial charge in [-0.05, 0) is 55.7 Å². The van der Waals surface area contributed by atoms with Gasteiger partial charge < -0.3 is 9.84 Å². The van der Waals surface area contributed by atoms with Gasteiger partial charge in [0.1, 0.15) is 11.4 Å². The Balaban J connectivity index is 1.80. The lowest BCUT2D eigenvalue weighted by Gasteiger charge is -2.45. The molecule has 1 atom stereocenters. The van der Waals surface area contributed by atoms with E-state index in [9.17, 15) is 5.11 Å². The van der Waals surface area contributed by atoms with Crippen molar-refractivity contribution in [2.75, 3.05) is 0 Å². The quantitative estimate of drug-likeness (QED) is 0.792. The van der Waals surface area contributed by atoms with Crippen molar-refractivity contribution in [2.24, 2.45) is 11.8 Å². The Bertz CT molecular complexity index is 490. The van der Waals surface area contributed by atoms with E-state index in [1.807, 2.05) is 18.2 Å². The lowest BCUT2D eigenvalue weighted by molar-refractivity contribution is -0.0503. The van der Waals surface area contributed by atoms with Crippen LogP contribution in [0.3, 0.4) is 0 Å². The lowest BCUT2D eigenvalue weighted by atomic mass is 9.71. The third kappa shape index (κ3) is 2.62. The molecule has 1 aromatic carbocycles. The first kappa shape index (κ1) is 14.4. The molecule has 3 rings (SSSR count). The fraction of sp³-hybridized carbons (Fsp3) is 0.647. The maximum Gasteiger partial charge on any atom is 0.126 e. The van der Waals surface area contributed by atoms with Crippen molar-refractivity contribution < 1.29 is 9.84 Å². The molecule has 1 saturated carbocycles. The molecule has 0 aromatic heterocycles. The van der Waals surface area contributed by atoms with Crippen molar-refractivity contribution in [2.45, 2.75) is 57.7 Å². The van der Waals surface area contributed by atoms with Crippen LogP contribution in [0.2, 0.25) is 0 Å². The first-order valence-electron chi connectivity index (χ1n) is 7.66. The number of hydrogen-bond donors (Lipinski definition) is 1. The Morgan fingerprint density at radius 2 is 2.00 bits per heavy atom. The molecule has 1 fully saturated rings. The number of benzene rings is 1. The van der Waals surface area contributed by atoms with E-state index in [1.165, 1.54) is 12.8 Å². The first-order chi connectivity index (χ1) is 9.49. The third-order valence-electron chi connectivity index (χ3n) is 5.11. The second kappa shape index (κ2) is 5.34. The van der Waals surface area contributed by atoms with Crippen LogP contribution in [0.4, 0.5) is 0 Å². The van der Waals surface area contributed by atoms with Gasteiger partial charge in [0.2, 0.25) is 0 Å². The smallest absolute Gasteiger partial charge is 0.126 e. The maximum absolute atomic E-state index is 10.5. The zero-order valence-electron chi connectivity index (χ0n) is 12.2. The highest BCUT2D eigenvalue weighted by Crippen LogP contribution is 2.48. The Labute approximate surface area is 129 Å². The number of aliphatic hydroxyl groups excluding tert-OH is 1. The van der Waals surface area contributed by atoms with Crippen molar-refractivity contribution in [3.8, 4) is 5.75 Å². The van der Waals surface area contributed by atoms with Gasteiger partial charge in [0.25, 0.3) is 0 Å².